The van der Waals surface area contributed by atoms with Crippen molar-refractivity contribution in [3.63, 3.8) is 0 Å². The number of hydrogen-bond acceptors (Lipinski definition) is 4. The van der Waals surface area contributed by atoms with Crippen LogP contribution < -0.4 is 5.32 Å². The van der Waals surface area contributed by atoms with Crippen molar-refractivity contribution < 1.29 is 9.21 Å². The molecule has 1 N–H and O–H groups in total. The van der Waals surface area contributed by atoms with Gasteiger partial charge in [-0.25, -0.2) is 4.68 Å². The molecule has 0 aliphatic carbocycles. The summed E-state index contributed by atoms with van der Waals surface area (Å²) in [5.41, 5.74) is 1.83. The summed E-state index contributed by atoms with van der Waals surface area (Å²) in [5.74, 6) is 0.414. The smallest absolute Gasteiger partial charge is 0.271 e. The van der Waals surface area contributed by atoms with Crippen molar-refractivity contribution in [1.29, 1.82) is 0 Å². The van der Waals surface area contributed by atoms with Gasteiger partial charge in [-0.2, -0.15) is 5.10 Å². The van der Waals surface area contributed by atoms with E-state index in [1.54, 1.807) is 35.2 Å². The molecule has 7 heteroatoms. The maximum atomic E-state index is 12.4. The maximum absolute atomic E-state index is 12.4. The predicted molar refractivity (Wildman–Crippen MR) is 97.2 cm³/mol. The van der Waals surface area contributed by atoms with Crippen LogP contribution in [0, 0.1) is 0 Å². The van der Waals surface area contributed by atoms with E-state index in [4.69, 9.17) is 16.0 Å². The summed E-state index contributed by atoms with van der Waals surface area (Å²) in [4.78, 5) is 14.4. The van der Waals surface area contributed by atoms with Crippen LogP contribution in [0.1, 0.15) is 10.5 Å². The van der Waals surface area contributed by atoms with Gasteiger partial charge in [0.25, 0.3) is 5.91 Å². The zero-order valence-corrected chi connectivity index (χ0v) is 14.8. The van der Waals surface area contributed by atoms with Gasteiger partial charge in [-0.05, 0) is 50.5 Å². The Hall–Kier alpha value is -2.57. The van der Waals surface area contributed by atoms with E-state index in [0.717, 1.165) is 12.2 Å². The number of carbonyl (C=O) groups is 1. The van der Waals surface area contributed by atoms with Crippen molar-refractivity contribution in [1.82, 2.24) is 20.0 Å². The molecular weight excluding hydrogens is 340 g/mol. The lowest BCUT2D eigenvalue weighted by Gasteiger charge is -2.09. The number of benzene rings is 1. The Morgan fingerprint density at radius 2 is 2.04 bits per heavy atom. The van der Waals surface area contributed by atoms with Gasteiger partial charge in [-0.1, -0.05) is 11.6 Å². The number of amides is 1. The SMILES string of the molecule is CN(C)CCNC(=O)c1cc(-c2ccco2)n(-c2ccc(Cl)cc2)n1. The van der Waals surface area contributed by atoms with Gasteiger partial charge in [0.2, 0.25) is 0 Å². The fourth-order valence-electron chi connectivity index (χ4n) is 2.35. The lowest BCUT2D eigenvalue weighted by atomic mass is 10.2. The van der Waals surface area contributed by atoms with E-state index in [0.29, 0.717) is 28.7 Å². The Bertz CT molecular complexity index is 839. The molecule has 1 amide bonds. The molecule has 0 spiro atoms. The number of rotatable bonds is 6. The minimum Gasteiger partial charge on any atom is -0.463 e. The Balaban J connectivity index is 1.92. The van der Waals surface area contributed by atoms with Crippen molar-refractivity contribution in [2.45, 2.75) is 0 Å². The highest BCUT2D eigenvalue weighted by Gasteiger charge is 2.18. The number of hydrogen-bond donors (Lipinski definition) is 1. The molecule has 3 rings (SSSR count). The molecule has 0 saturated heterocycles. The average molecular weight is 359 g/mol. The molecular formula is C18H19ClN4O2. The van der Waals surface area contributed by atoms with Gasteiger partial charge in [-0.3, -0.25) is 4.79 Å². The first-order valence-electron chi connectivity index (χ1n) is 7.87. The first-order chi connectivity index (χ1) is 12.0. The zero-order chi connectivity index (χ0) is 17.8. The highest BCUT2D eigenvalue weighted by Crippen LogP contribution is 2.25. The second kappa shape index (κ2) is 7.55. The van der Waals surface area contributed by atoms with Crippen LogP contribution in [0.25, 0.3) is 17.1 Å². The number of carbonyl (C=O) groups excluding carboxylic acids is 1. The summed E-state index contributed by atoms with van der Waals surface area (Å²) >= 11 is 5.96. The molecule has 2 heterocycles. The van der Waals surface area contributed by atoms with E-state index in [2.05, 4.69) is 10.4 Å². The summed E-state index contributed by atoms with van der Waals surface area (Å²) in [6.45, 7) is 1.31. The quantitative estimate of drug-likeness (QED) is 0.735. The van der Waals surface area contributed by atoms with Crippen LogP contribution in [0.4, 0.5) is 0 Å². The minimum atomic E-state index is -0.220. The van der Waals surface area contributed by atoms with E-state index in [1.165, 1.54) is 0 Å². The molecule has 6 nitrogen and oxygen atoms in total. The largest absolute Gasteiger partial charge is 0.463 e. The Morgan fingerprint density at radius 1 is 1.28 bits per heavy atom. The molecule has 2 aromatic heterocycles. The van der Waals surface area contributed by atoms with Crippen molar-refractivity contribution in [3.05, 3.63) is 59.4 Å². The van der Waals surface area contributed by atoms with Crippen LogP contribution in [0.15, 0.2) is 53.1 Å². The maximum Gasteiger partial charge on any atom is 0.271 e. The van der Waals surface area contributed by atoms with E-state index in [1.807, 2.05) is 37.2 Å². The molecule has 0 atom stereocenters. The fourth-order valence-corrected chi connectivity index (χ4v) is 2.48. The summed E-state index contributed by atoms with van der Waals surface area (Å²) in [6, 6.07) is 12.6. The van der Waals surface area contributed by atoms with Crippen LogP contribution in [0.5, 0.6) is 0 Å². The van der Waals surface area contributed by atoms with Gasteiger partial charge in [0.05, 0.1) is 12.0 Å². The minimum absolute atomic E-state index is 0.220. The number of halogens is 1. The molecule has 130 valence electrons. The predicted octanol–water partition coefficient (Wildman–Crippen LogP) is 3.08. The Morgan fingerprint density at radius 3 is 2.68 bits per heavy atom. The highest BCUT2D eigenvalue weighted by atomic mass is 35.5. The number of nitrogens with one attached hydrogen (secondary N) is 1. The number of likely N-dealkylation sites (N-methyl/N-ethyl adjacent to an activating group) is 1. The molecule has 1 aromatic carbocycles. The van der Waals surface area contributed by atoms with Gasteiger partial charge >= 0.3 is 0 Å². The van der Waals surface area contributed by atoms with Gasteiger partial charge in [0, 0.05) is 24.2 Å². The molecule has 0 radical (unpaired) electrons. The van der Waals surface area contributed by atoms with Crippen LogP contribution in [-0.4, -0.2) is 47.8 Å². The lowest BCUT2D eigenvalue weighted by molar-refractivity contribution is 0.0945. The van der Waals surface area contributed by atoms with E-state index < -0.39 is 0 Å². The second-order valence-corrected chi connectivity index (χ2v) is 6.28. The van der Waals surface area contributed by atoms with E-state index in [-0.39, 0.29) is 5.91 Å². The van der Waals surface area contributed by atoms with Crippen molar-refractivity contribution in [3.8, 4) is 17.1 Å². The molecule has 0 aliphatic heterocycles. The molecule has 0 saturated carbocycles. The molecule has 0 aliphatic rings. The van der Waals surface area contributed by atoms with Crippen LogP contribution in [-0.2, 0) is 0 Å². The highest BCUT2D eigenvalue weighted by molar-refractivity contribution is 6.30. The topological polar surface area (TPSA) is 63.3 Å². The normalized spacial score (nSPS) is 11.0. The third-order valence-corrected chi connectivity index (χ3v) is 3.88. The van der Waals surface area contributed by atoms with Crippen LogP contribution >= 0.6 is 11.6 Å². The number of furan rings is 1. The number of nitrogens with zero attached hydrogens (tertiary/aromatic N) is 3. The molecule has 25 heavy (non-hydrogen) atoms. The van der Waals surface area contributed by atoms with Gasteiger partial charge < -0.3 is 14.6 Å². The summed E-state index contributed by atoms with van der Waals surface area (Å²) < 4.78 is 7.16. The average Bonchev–Trinajstić information content (AvgIpc) is 3.24. The lowest BCUT2D eigenvalue weighted by Crippen LogP contribution is -2.31. The van der Waals surface area contributed by atoms with Gasteiger partial charge in [0.1, 0.15) is 5.69 Å². The van der Waals surface area contributed by atoms with Crippen molar-refractivity contribution in [2.24, 2.45) is 0 Å². The number of aromatic nitrogens is 2. The fraction of sp³-hybridized carbons (Fsp3) is 0.222. The third-order valence-electron chi connectivity index (χ3n) is 3.63. The van der Waals surface area contributed by atoms with Crippen LogP contribution in [0.2, 0.25) is 5.02 Å². The second-order valence-electron chi connectivity index (χ2n) is 5.84. The van der Waals surface area contributed by atoms with Crippen LogP contribution in [0.3, 0.4) is 0 Å². The molecule has 0 fully saturated rings. The van der Waals surface area contributed by atoms with E-state index in [9.17, 15) is 4.79 Å². The Kier molecular flexibility index (Phi) is 5.21. The molecule has 0 unspecified atom stereocenters. The monoisotopic (exact) mass is 358 g/mol. The molecule has 3 aromatic rings. The summed E-state index contributed by atoms with van der Waals surface area (Å²) in [5, 5.41) is 7.96. The standard InChI is InChI=1S/C18H19ClN4O2/c1-22(2)10-9-20-18(24)15-12-16(17-4-3-11-25-17)23(21-15)14-7-5-13(19)6-8-14/h3-8,11-12H,9-10H2,1-2H3,(H,20,24). The molecule has 0 bridgehead atoms. The van der Waals surface area contributed by atoms with E-state index >= 15 is 0 Å². The Labute approximate surface area is 151 Å². The van der Waals surface area contributed by atoms with Crippen molar-refractivity contribution in [2.75, 3.05) is 27.2 Å². The summed E-state index contributed by atoms with van der Waals surface area (Å²) in [7, 11) is 3.91. The first kappa shape index (κ1) is 17.3. The van der Waals surface area contributed by atoms with Gasteiger partial charge in [0.15, 0.2) is 11.5 Å². The zero-order valence-electron chi connectivity index (χ0n) is 14.1. The van der Waals surface area contributed by atoms with Crippen molar-refractivity contribution >= 4 is 17.5 Å². The third kappa shape index (κ3) is 4.10. The van der Waals surface area contributed by atoms with Gasteiger partial charge in [-0.15, -0.1) is 0 Å². The first-order valence-corrected chi connectivity index (χ1v) is 8.25. The summed E-state index contributed by atoms with van der Waals surface area (Å²) in [6.07, 6.45) is 1.59.